The van der Waals surface area contributed by atoms with Crippen molar-refractivity contribution in [3.63, 3.8) is 0 Å². The van der Waals surface area contributed by atoms with Gasteiger partial charge in [-0.1, -0.05) is 13.3 Å². The van der Waals surface area contributed by atoms with E-state index in [9.17, 15) is 14.0 Å². The number of methoxy groups -OCH3 is 1. The van der Waals surface area contributed by atoms with Crippen LogP contribution in [0, 0.1) is 5.82 Å². The number of nitrogens with one attached hydrogen (secondary N) is 1. The van der Waals surface area contributed by atoms with Crippen LogP contribution >= 0.6 is 0 Å². The molecule has 1 N–H and O–H groups in total. The SMILES string of the molecule is CCCCOc1cc(F)cc2[nH]cc(C(=O)C(=O)OC)c12. The highest BCUT2D eigenvalue weighted by Crippen LogP contribution is 2.31. The van der Waals surface area contributed by atoms with Crippen molar-refractivity contribution in [3.8, 4) is 5.75 Å². The maximum absolute atomic E-state index is 13.6. The van der Waals surface area contributed by atoms with Gasteiger partial charge in [0.2, 0.25) is 0 Å². The van der Waals surface area contributed by atoms with E-state index in [1.54, 1.807) is 0 Å². The maximum Gasteiger partial charge on any atom is 0.379 e. The number of carbonyl (C=O) groups is 2. The molecule has 0 bridgehead atoms. The lowest BCUT2D eigenvalue weighted by atomic mass is 10.1. The molecular formula is C15H16FNO4. The Morgan fingerprint density at radius 2 is 2.10 bits per heavy atom. The molecule has 0 fully saturated rings. The van der Waals surface area contributed by atoms with Gasteiger partial charge in [-0.2, -0.15) is 0 Å². The topological polar surface area (TPSA) is 68.4 Å². The molecule has 21 heavy (non-hydrogen) atoms. The van der Waals surface area contributed by atoms with Crippen LogP contribution in [0.25, 0.3) is 10.9 Å². The van der Waals surface area contributed by atoms with Crippen LogP contribution in [0.3, 0.4) is 0 Å². The summed E-state index contributed by atoms with van der Waals surface area (Å²) < 4.78 is 23.5. The van der Waals surface area contributed by atoms with Crippen LogP contribution in [0.5, 0.6) is 5.75 Å². The fourth-order valence-corrected chi connectivity index (χ4v) is 2.02. The van der Waals surface area contributed by atoms with Crippen molar-refractivity contribution < 1.29 is 23.5 Å². The van der Waals surface area contributed by atoms with Gasteiger partial charge in [0.25, 0.3) is 5.78 Å². The summed E-state index contributed by atoms with van der Waals surface area (Å²) in [4.78, 5) is 26.1. The Labute approximate surface area is 121 Å². The minimum atomic E-state index is -0.972. The lowest BCUT2D eigenvalue weighted by molar-refractivity contribution is -0.135. The summed E-state index contributed by atoms with van der Waals surface area (Å²) in [5.41, 5.74) is 0.511. The van der Waals surface area contributed by atoms with E-state index in [1.165, 1.54) is 18.3 Å². The van der Waals surface area contributed by atoms with E-state index in [4.69, 9.17) is 4.74 Å². The van der Waals surface area contributed by atoms with E-state index in [1.807, 2.05) is 6.92 Å². The van der Waals surface area contributed by atoms with E-state index in [0.717, 1.165) is 20.0 Å². The van der Waals surface area contributed by atoms with Gasteiger partial charge in [-0.05, 0) is 12.5 Å². The Kier molecular flexibility index (Phi) is 4.57. The molecule has 2 aromatic rings. The van der Waals surface area contributed by atoms with Crippen LogP contribution in [0.4, 0.5) is 4.39 Å². The number of aromatic nitrogens is 1. The molecule has 0 aliphatic heterocycles. The van der Waals surface area contributed by atoms with Gasteiger partial charge in [-0.15, -0.1) is 0 Å². The van der Waals surface area contributed by atoms with Crippen LogP contribution in [0.1, 0.15) is 30.1 Å². The average Bonchev–Trinajstić information content (AvgIpc) is 2.89. The highest BCUT2D eigenvalue weighted by molar-refractivity contribution is 6.43. The van der Waals surface area contributed by atoms with Gasteiger partial charge in [0, 0.05) is 12.3 Å². The lowest BCUT2D eigenvalue weighted by Crippen LogP contribution is -2.15. The number of halogens is 1. The van der Waals surface area contributed by atoms with Gasteiger partial charge in [-0.25, -0.2) is 9.18 Å². The normalized spacial score (nSPS) is 10.6. The molecule has 1 aromatic carbocycles. The van der Waals surface area contributed by atoms with Crippen molar-refractivity contribution in [2.24, 2.45) is 0 Å². The van der Waals surface area contributed by atoms with Crippen molar-refractivity contribution >= 4 is 22.7 Å². The quantitative estimate of drug-likeness (QED) is 0.385. The summed E-state index contributed by atoms with van der Waals surface area (Å²) in [5.74, 6) is -2.00. The first-order valence-corrected chi connectivity index (χ1v) is 6.64. The molecule has 0 saturated heterocycles. The van der Waals surface area contributed by atoms with E-state index in [-0.39, 0.29) is 11.3 Å². The fourth-order valence-electron chi connectivity index (χ4n) is 2.02. The van der Waals surface area contributed by atoms with Crippen molar-refractivity contribution in [1.82, 2.24) is 4.98 Å². The Morgan fingerprint density at radius 1 is 1.33 bits per heavy atom. The number of aromatic amines is 1. The predicted octanol–water partition coefficient (Wildman–Crippen LogP) is 2.84. The van der Waals surface area contributed by atoms with Gasteiger partial charge in [0.05, 0.1) is 30.2 Å². The number of ketones is 1. The molecular weight excluding hydrogens is 277 g/mol. The zero-order chi connectivity index (χ0) is 15.4. The first-order valence-electron chi connectivity index (χ1n) is 6.64. The smallest absolute Gasteiger partial charge is 0.379 e. The number of H-pyrrole nitrogens is 1. The molecule has 2 rings (SSSR count). The molecule has 5 nitrogen and oxygen atoms in total. The predicted molar refractivity (Wildman–Crippen MR) is 75.0 cm³/mol. The van der Waals surface area contributed by atoms with Gasteiger partial charge in [0.15, 0.2) is 0 Å². The van der Waals surface area contributed by atoms with E-state index in [2.05, 4.69) is 9.72 Å². The molecule has 0 unspecified atom stereocenters. The fraction of sp³-hybridized carbons (Fsp3) is 0.333. The minimum Gasteiger partial charge on any atom is -0.493 e. The van der Waals surface area contributed by atoms with Crippen molar-refractivity contribution in [1.29, 1.82) is 0 Å². The third kappa shape index (κ3) is 3.04. The lowest BCUT2D eigenvalue weighted by Gasteiger charge is -2.08. The highest BCUT2D eigenvalue weighted by Gasteiger charge is 2.23. The summed E-state index contributed by atoms with van der Waals surface area (Å²) in [6.07, 6.45) is 3.10. The van der Waals surface area contributed by atoms with Crippen LogP contribution in [-0.2, 0) is 9.53 Å². The molecule has 1 aromatic heterocycles. The second-order valence-corrected chi connectivity index (χ2v) is 4.55. The van der Waals surface area contributed by atoms with Crippen LogP contribution < -0.4 is 4.74 Å². The molecule has 0 spiro atoms. The molecule has 0 aliphatic carbocycles. The Bertz CT molecular complexity index is 678. The van der Waals surface area contributed by atoms with Crippen molar-refractivity contribution in [2.45, 2.75) is 19.8 Å². The minimum absolute atomic E-state index is 0.114. The molecule has 0 radical (unpaired) electrons. The number of rotatable bonds is 6. The third-order valence-corrected chi connectivity index (χ3v) is 3.08. The summed E-state index contributed by atoms with van der Waals surface area (Å²) in [7, 11) is 1.13. The second kappa shape index (κ2) is 6.39. The first kappa shape index (κ1) is 15.0. The zero-order valence-corrected chi connectivity index (χ0v) is 11.9. The highest BCUT2D eigenvalue weighted by atomic mass is 19.1. The molecule has 1 heterocycles. The number of benzene rings is 1. The standard InChI is InChI=1S/C15H16FNO4/c1-3-4-5-21-12-7-9(16)6-11-13(12)10(8-17-11)14(18)15(19)20-2/h6-8,17H,3-5H2,1-2H3. The summed E-state index contributed by atoms with van der Waals surface area (Å²) in [6, 6.07) is 2.45. The Morgan fingerprint density at radius 3 is 2.76 bits per heavy atom. The number of hydrogen-bond donors (Lipinski definition) is 1. The Hall–Kier alpha value is -2.37. The van der Waals surface area contributed by atoms with Gasteiger partial charge < -0.3 is 14.5 Å². The first-order chi connectivity index (χ1) is 10.1. The van der Waals surface area contributed by atoms with E-state index in [0.29, 0.717) is 17.5 Å². The molecule has 0 atom stereocenters. The summed E-state index contributed by atoms with van der Waals surface area (Å²) in [5, 5.41) is 0.392. The van der Waals surface area contributed by atoms with Gasteiger partial charge in [0.1, 0.15) is 11.6 Å². The summed E-state index contributed by atoms with van der Waals surface area (Å²) >= 11 is 0. The average molecular weight is 293 g/mol. The van der Waals surface area contributed by atoms with Crippen LogP contribution in [-0.4, -0.2) is 30.5 Å². The molecule has 112 valence electrons. The number of Topliss-reactive ketones (excluding diaryl/α,β-unsaturated/α-hetero) is 1. The second-order valence-electron chi connectivity index (χ2n) is 4.55. The van der Waals surface area contributed by atoms with Gasteiger partial charge >= 0.3 is 5.97 Å². The monoisotopic (exact) mass is 293 g/mol. The molecule has 0 amide bonds. The number of ether oxygens (including phenoxy) is 2. The van der Waals surface area contributed by atoms with Crippen molar-refractivity contribution in [3.05, 3.63) is 29.7 Å². The van der Waals surface area contributed by atoms with Crippen LogP contribution in [0.2, 0.25) is 0 Å². The number of carbonyl (C=O) groups excluding carboxylic acids is 2. The summed E-state index contributed by atoms with van der Waals surface area (Å²) in [6.45, 7) is 2.42. The van der Waals surface area contributed by atoms with Crippen molar-refractivity contribution in [2.75, 3.05) is 13.7 Å². The van der Waals surface area contributed by atoms with E-state index >= 15 is 0 Å². The number of unbranched alkanes of at least 4 members (excludes halogenated alkanes) is 1. The van der Waals surface area contributed by atoms with E-state index < -0.39 is 17.6 Å². The number of esters is 1. The third-order valence-electron chi connectivity index (χ3n) is 3.08. The number of hydrogen-bond acceptors (Lipinski definition) is 4. The Balaban J connectivity index is 2.48. The molecule has 0 aliphatic rings. The molecule has 6 heteroatoms. The van der Waals surface area contributed by atoms with Gasteiger partial charge in [-0.3, -0.25) is 4.79 Å². The largest absolute Gasteiger partial charge is 0.493 e. The molecule has 0 saturated carbocycles. The number of fused-ring (bicyclic) bond motifs is 1. The zero-order valence-electron chi connectivity index (χ0n) is 11.9. The van der Waals surface area contributed by atoms with Crippen LogP contribution in [0.15, 0.2) is 18.3 Å². The maximum atomic E-state index is 13.6.